The average Bonchev–Trinajstić information content (AvgIpc) is 3.14. The van der Waals surface area contributed by atoms with E-state index in [1.165, 1.54) is 23.1 Å². The smallest absolute Gasteiger partial charge is 0.405 e. The Morgan fingerprint density at radius 1 is 1.29 bits per heavy atom. The largest absolute Gasteiger partial charge is 0.573 e. The summed E-state index contributed by atoms with van der Waals surface area (Å²) in [6.07, 6.45) is -2.59. The van der Waals surface area contributed by atoms with E-state index in [9.17, 15) is 18.0 Å². The molecule has 1 amide bonds. The minimum Gasteiger partial charge on any atom is -0.405 e. The van der Waals surface area contributed by atoms with E-state index in [-0.39, 0.29) is 48.7 Å². The number of likely N-dealkylation sites (tertiary alicyclic amines) is 1. The van der Waals surface area contributed by atoms with E-state index in [0.717, 1.165) is 25.9 Å². The Labute approximate surface area is 198 Å². The van der Waals surface area contributed by atoms with Crippen LogP contribution in [0.25, 0.3) is 0 Å². The highest BCUT2D eigenvalue weighted by Gasteiger charge is 2.32. The van der Waals surface area contributed by atoms with E-state index in [1.54, 1.807) is 20.2 Å². The van der Waals surface area contributed by atoms with Crippen molar-refractivity contribution in [3.63, 3.8) is 0 Å². The Morgan fingerprint density at radius 2 is 2.00 bits per heavy atom. The molecule has 0 saturated carbocycles. The first-order valence-corrected chi connectivity index (χ1v) is 9.99. The van der Waals surface area contributed by atoms with Crippen LogP contribution < -0.4 is 15.4 Å². The standard InChI is InChI=1S/C20H30F3N5O2.HI/c1-4-28-11-7-9-16(28)13-25-19(26-14-18(29)27(2)3)24-12-15-8-5-6-10-17(15)30-20(21,22)23;/h5-6,8,10,16H,4,7,9,11-14H2,1-3H3,(H2,24,25,26);1H. The number of guanidine groups is 1. The highest BCUT2D eigenvalue weighted by molar-refractivity contribution is 14.0. The summed E-state index contributed by atoms with van der Waals surface area (Å²) in [7, 11) is 3.30. The topological polar surface area (TPSA) is 69.2 Å². The molecule has 1 aromatic rings. The second-order valence-electron chi connectivity index (χ2n) is 7.27. The summed E-state index contributed by atoms with van der Waals surface area (Å²) in [6.45, 7) is 4.74. The first-order chi connectivity index (χ1) is 14.2. The van der Waals surface area contributed by atoms with Gasteiger partial charge in [-0.1, -0.05) is 25.1 Å². The van der Waals surface area contributed by atoms with Gasteiger partial charge >= 0.3 is 6.36 Å². The summed E-state index contributed by atoms with van der Waals surface area (Å²) in [5.74, 6) is -0.0539. The molecule has 1 aliphatic rings. The lowest BCUT2D eigenvalue weighted by molar-refractivity contribution is -0.274. The number of benzene rings is 1. The summed E-state index contributed by atoms with van der Waals surface area (Å²) in [6, 6.07) is 6.24. The summed E-state index contributed by atoms with van der Waals surface area (Å²) >= 11 is 0. The number of amides is 1. The Kier molecular flexibility index (Phi) is 11.4. The molecule has 1 aromatic carbocycles. The number of rotatable bonds is 8. The second-order valence-corrected chi connectivity index (χ2v) is 7.27. The van der Waals surface area contributed by atoms with Crippen LogP contribution in [-0.2, 0) is 11.3 Å². The maximum Gasteiger partial charge on any atom is 0.573 e. The van der Waals surface area contributed by atoms with E-state index in [0.29, 0.717) is 24.1 Å². The lowest BCUT2D eigenvalue weighted by Gasteiger charge is -2.24. The van der Waals surface area contributed by atoms with Gasteiger partial charge in [0.2, 0.25) is 5.91 Å². The number of carbonyl (C=O) groups excluding carboxylic acids is 1. The molecule has 1 heterocycles. The number of halogens is 4. The fourth-order valence-corrected chi connectivity index (χ4v) is 3.27. The van der Waals surface area contributed by atoms with Crippen molar-refractivity contribution in [3.05, 3.63) is 29.8 Å². The number of aliphatic imine (C=N–C) groups is 1. The van der Waals surface area contributed by atoms with Gasteiger partial charge in [0, 0.05) is 32.2 Å². The lowest BCUT2D eigenvalue weighted by Crippen LogP contribution is -2.47. The number of ether oxygens (including phenoxy) is 1. The molecule has 0 aliphatic carbocycles. The monoisotopic (exact) mass is 557 g/mol. The maximum atomic E-state index is 12.6. The number of para-hydroxylation sites is 1. The molecule has 0 bridgehead atoms. The highest BCUT2D eigenvalue weighted by Crippen LogP contribution is 2.26. The van der Waals surface area contributed by atoms with Gasteiger partial charge in [-0.3, -0.25) is 9.69 Å². The molecule has 176 valence electrons. The molecule has 11 heteroatoms. The van der Waals surface area contributed by atoms with E-state index in [1.807, 2.05) is 0 Å². The van der Waals surface area contributed by atoms with E-state index in [2.05, 4.69) is 32.2 Å². The fraction of sp³-hybridized carbons (Fsp3) is 0.600. The van der Waals surface area contributed by atoms with Crippen molar-refractivity contribution in [1.82, 2.24) is 20.4 Å². The van der Waals surface area contributed by atoms with Crippen LogP contribution in [0.5, 0.6) is 5.75 Å². The SMILES string of the molecule is CCN1CCCC1CNC(=NCc1ccccc1OC(F)(F)F)NCC(=O)N(C)C.I. The molecule has 0 aromatic heterocycles. The molecule has 1 saturated heterocycles. The molecule has 0 spiro atoms. The van der Waals surface area contributed by atoms with Crippen LogP contribution in [0.1, 0.15) is 25.3 Å². The summed E-state index contributed by atoms with van der Waals surface area (Å²) in [5.41, 5.74) is 0.297. The van der Waals surface area contributed by atoms with Crippen LogP contribution in [0.2, 0.25) is 0 Å². The highest BCUT2D eigenvalue weighted by atomic mass is 127. The molecule has 7 nitrogen and oxygen atoms in total. The number of likely N-dealkylation sites (N-methyl/N-ethyl adjacent to an activating group) is 2. The van der Waals surface area contributed by atoms with Gasteiger partial charge in [0.25, 0.3) is 0 Å². The Morgan fingerprint density at radius 3 is 2.65 bits per heavy atom. The first-order valence-electron chi connectivity index (χ1n) is 9.99. The summed E-state index contributed by atoms with van der Waals surface area (Å²) < 4.78 is 42.0. The minimum absolute atomic E-state index is 0. The number of alkyl halides is 3. The van der Waals surface area contributed by atoms with E-state index in [4.69, 9.17) is 0 Å². The number of carbonyl (C=O) groups is 1. The van der Waals surface area contributed by atoms with Gasteiger partial charge in [-0.15, -0.1) is 37.1 Å². The van der Waals surface area contributed by atoms with Crippen LogP contribution in [0.4, 0.5) is 13.2 Å². The van der Waals surface area contributed by atoms with Crippen LogP contribution in [0, 0.1) is 0 Å². The van der Waals surface area contributed by atoms with Gasteiger partial charge in [0.1, 0.15) is 5.75 Å². The molecule has 31 heavy (non-hydrogen) atoms. The minimum atomic E-state index is -4.77. The fourth-order valence-electron chi connectivity index (χ4n) is 3.27. The van der Waals surface area contributed by atoms with Crippen LogP contribution in [0.3, 0.4) is 0 Å². The normalized spacial score (nSPS) is 17.1. The Balaban J connectivity index is 0.00000480. The van der Waals surface area contributed by atoms with Crippen molar-refractivity contribution in [3.8, 4) is 5.75 Å². The van der Waals surface area contributed by atoms with E-state index < -0.39 is 6.36 Å². The summed E-state index contributed by atoms with van der Waals surface area (Å²) in [4.78, 5) is 20.1. The second kappa shape index (κ2) is 12.9. The lowest BCUT2D eigenvalue weighted by atomic mass is 10.2. The summed E-state index contributed by atoms with van der Waals surface area (Å²) in [5, 5.41) is 6.18. The molecule has 2 N–H and O–H groups in total. The maximum absolute atomic E-state index is 12.6. The van der Waals surface area contributed by atoms with Crippen molar-refractivity contribution < 1.29 is 22.7 Å². The molecule has 1 atom stereocenters. The molecular weight excluding hydrogens is 526 g/mol. The predicted octanol–water partition coefficient (Wildman–Crippen LogP) is 2.81. The predicted molar refractivity (Wildman–Crippen MR) is 125 cm³/mol. The van der Waals surface area contributed by atoms with Gasteiger partial charge in [-0.05, 0) is 32.0 Å². The van der Waals surface area contributed by atoms with Crippen molar-refractivity contribution in [1.29, 1.82) is 0 Å². The van der Waals surface area contributed by atoms with Crippen LogP contribution in [0.15, 0.2) is 29.3 Å². The number of hydrogen-bond acceptors (Lipinski definition) is 4. The van der Waals surface area contributed by atoms with Crippen LogP contribution in [-0.4, -0.2) is 74.3 Å². The Bertz CT molecular complexity index is 731. The van der Waals surface area contributed by atoms with Gasteiger partial charge in [0.05, 0.1) is 13.1 Å². The number of nitrogens with zero attached hydrogens (tertiary/aromatic N) is 3. The van der Waals surface area contributed by atoms with Gasteiger partial charge in [-0.2, -0.15) is 0 Å². The quantitative estimate of drug-likeness (QED) is 0.293. The molecule has 1 aliphatic heterocycles. The zero-order valence-electron chi connectivity index (χ0n) is 18.0. The molecular formula is C20H31F3IN5O2. The van der Waals surface area contributed by atoms with E-state index >= 15 is 0 Å². The zero-order valence-corrected chi connectivity index (χ0v) is 20.4. The zero-order chi connectivity index (χ0) is 22.1. The molecule has 2 rings (SSSR count). The van der Waals surface area contributed by atoms with Crippen molar-refractivity contribution >= 4 is 35.8 Å². The van der Waals surface area contributed by atoms with Gasteiger partial charge in [-0.25, -0.2) is 4.99 Å². The van der Waals surface area contributed by atoms with Gasteiger partial charge < -0.3 is 20.3 Å². The number of hydrogen-bond donors (Lipinski definition) is 2. The molecule has 1 fully saturated rings. The molecule has 1 unspecified atom stereocenters. The third-order valence-electron chi connectivity index (χ3n) is 4.92. The van der Waals surface area contributed by atoms with Crippen molar-refractivity contribution in [2.75, 3.05) is 40.3 Å². The van der Waals surface area contributed by atoms with Crippen LogP contribution >= 0.6 is 24.0 Å². The molecule has 0 radical (unpaired) electrons. The number of nitrogens with one attached hydrogen (secondary N) is 2. The van der Waals surface area contributed by atoms with Gasteiger partial charge in [0.15, 0.2) is 5.96 Å². The van der Waals surface area contributed by atoms with Crippen molar-refractivity contribution in [2.45, 2.75) is 38.7 Å². The average molecular weight is 557 g/mol. The third kappa shape index (κ3) is 9.50. The van der Waals surface area contributed by atoms with Crippen molar-refractivity contribution in [2.24, 2.45) is 4.99 Å². The Hall–Kier alpha value is -1.76. The third-order valence-corrected chi connectivity index (χ3v) is 4.92. The first kappa shape index (κ1) is 27.3.